The Hall–Kier alpha value is -1.55. The summed E-state index contributed by atoms with van der Waals surface area (Å²) in [6.07, 6.45) is 7.03. The van der Waals surface area contributed by atoms with E-state index < -0.39 is 0 Å². The minimum absolute atomic E-state index is 0.877. The Morgan fingerprint density at radius 1 is 1.44 bits per heavy atom. The summed E-state index contributed by atoms with van der Waals surface area (Å²) in [4.78, 5) is 3.05. The number of hydrogen-bond acceptors (Lipinski definition) is 2. The molecule has 0 aliphatic rings. The molecule has 0 amide bonds. The lowest BCUT2D eigenvalue weighted by Gasteiger charge is -2.02. The molecule has 86 valence electrons. The first kappa shape index (κ1) is 11.0. The van der Waals surface area contributed by atoms with E-state index in [1.165, 1.54) is 16.8 Å². The Balaban J connectivity index is 1.89. The SMILES string of the molecule is CCc1nn(C)cc1CNCc1cc[nH]c1. The Kier molecular flexibility index (Phi) is 3.41. The van der Waals surface area contributed by atoms with Crippen LogP contribution in [0.4, 0.5) is 0 Å². The Morgan fingerprint density at radius 3 is 3.00 bits per heavy atom. The number of hydrogen-bond donors (Lipinski definition) is 2. The maximum atomic E-state index is 4.42. The first-order valence-corrected chi connectivity index (χ1v) is 5.63. The van der Waals surface area contributed by atoms with Crippen LogP contribution in [0.5, 0.6) is 0 Å². The van der Waals surface area contributed by atoms with Gasteiger partial charge in [-0.2, -0.15) is 5.10 Å². The van der Waals surface area contributed by atoms with Gasteiger partial charge in [0.1, 0.15) is 0 Å². The van der Waals surface area contributed by atoms with Crippen molar-refractivity contribution in [3.8, 4) is 0 Å². The van der Waals surface area contributed by atoms with Gasteiger partial charge in [-0.3, -0.25) is 4.68 Å². The van der Waals surface area contributed by atoms with Gasteiger partial charge in [0.15, 0.2) is 0 Å². The minimum atomic E-state index is 0.877. The first-order chi connectivity index (χ1) is 7.79. The topological polar surface area (TPSA) is 45.6 Å². The summed E-state index contributed by atoms with van der Waals surface area (Å²) in [5, 5.41) is 7.83. The van der Waals surface area contributed by atoms with Gasteiger partial charge in [-0.05, 0) is 18.1 Å². The molecule has 2 heterocycles. The summed E-state index contributed by atoms with van der Waals surface area (Å²) >= 11 is 0. The van der Waals surface area contributed by atoms with Crippen molar-refractivity contribution >= 4 is 0 Å². The van der Waals surface area contributed by atoms with Crippen LogP contribution in [0.15, 0.2) is 24.7 Å². The molecule has 2 aromatic rings. The second-order valence-corrected chi connectivity index (χ2v) is 3.95. The molecule has 0 aromatic carbocycles. The van der Waals surface area contributed by atoms with Crippen LogP contribution >= 0.6 is 0 Å². The first-order valence-electron chi connectivity index (χ1n) is 5.63. The highest BCUT2D eigenvalue weighted by Crippen LogP contribution is 2.07. The molecule has 0 atom stereocenters. The molecule has 0 spiro atoms. The summed E-state index contributed by atoms with van der Waals surface area (Å²) in [6, 6.07) is 2.08. The lowest BCUT2D eigenvalue weighted by Crippen LogP contribution is -2.12. The van der Waals surface area contributed by atoms with Gasteiger partial charge in [-0.15, -0.1) is 0 Å². The fourth-order valence-electron chi connectivity index (χ4n) is 1.84. The van der Waals surface area contributed by atoms with Crippen molar-refractivity contribution in [3.63, 3.8) is 0 Å². The average molecular weight is 218 g/mol. The van der Waals surface area contributed by atoms with E-state index in [1.807, 2.05) is 24.1 Å². The van der Waals surface area contributed by atoms with Gasteiger partial charge in [0.2, 0.25) is 0 Å². The number of rotatable bonds is 5. The van der Waals surface area contributed by atoms with Crippen molar-refractivity contribution in [2.24, 2.45) is 7.05 Å². The van der Waals surface area contributed by atoms with Crippen molar-refractivity contribution in [2.45, 2.75) is 26.4 Å². The van der Waals surface area contributed by atoms with Crippen LogP contribution in [0.1, 0.15) is 23.7 Å². The quantitative estimate of drug-likeness (QED) is 0.800. The zero-order chi connectivity index (χ0) is 11.4. The molecule has 2 N–H and O–H groups in total. The maximum Gasteiger partial charge on any atom is 0.0666 e. The van der Waals surface area contributed by atoms with E-state index in [4.69, 9.17) is 0 Å². The summed E-state index contributed by atoms with van der Waals surface area (Å²) < 4.78 is 1.88. The highest BCUT2D eigenvalue weighted by atomic mass is 15.3. The Morgan fingerprint density at radius 2 is 2.31 bits per heavy atom. The lowest BCUT2D eigenvalue weighted by atomic mass is 10.2. The van der Waals surface area contributed by atoms with Crippen molar-refractivity contribution in [2.75, 3.05) is 0 Å². The normalized spacial score (nSPS) is 10.9. The van der Waals surface area contributed by atoms with Gasteiger partial charge >= 0.3 is 0 Å². The summed E-state index contributed by atoms with van der Waals surface area (Å²) in [6.45, 7) is 3.90. The Labute approximate surface area is 95.7 Å². The van der Waals surface area contributed by atoms with E-state index in [1.54, 1.807) is 0 Å². The number of aryl methyl sites for hydroxylation is 2. The highest BCUT2D eigenvalue weighted by Gasteiger charge is 2.04. The number of nitrogens with one attached hydrogen (secondary N) is 2. The second kappa shape index (κ2) is 4.99. The van der Waals surface area contributed by atoms with E-state index in [0.717, 1.165) is 19.5 Å². The van der Waals surface area contributed by atoms with Gasteiger partial charge in [-0.25, -0.2) is 0 Å². The zero-order valence-corrected chi connectivity index (χ0v) is 9.83. The summed E-state index contributed by atoms with van der Waals surface area (Å²) in [5.74, 6) is 0. The number of H-pyrrole nitrogens is 1. The number of nitrogens with zero attached hydrogens (tertiary/aromatic N) is 2. The second-order valence-electron chi connectivity index (χ2n) is 3.95. The van der Waals surface area contributed by atoms with Crippen LogP contribution < -0.4 is 5.32 Å². The van der Waals surface area contributed by atoms with E-state index in [9.17, 15) is 0 Å². The predicted octanol–water partition coefficient (Wildman–Crippen LogP) is 1.60. The molecule has 4 heteroatoms. The van der Waals surface area contributed by atoms with Crippen molar-refractivity contribution in [3.05, 3.63) is 41.5 Å². The molecule has 0 aliphatic heterocycles. The van der Waals surface area contributed by atoms with Crippen LogP contribution in [0.3, 0.4) is 0 Å². The van der Waals surface area contributed by atoms with Gasteiger partial charge in [0, 0.05) is 44.3 Å². The largest absolute Gasteiger partial charge is 0.367 e. The molecule has 2 aromatic heterocycles. The minimum Gasteiger partial charge on any atom is -0.367 e. The molecular formula is C12H18N4. The van der Waals surface area contributed by atoms with Gasteiger partial charge in [0.05, 0.1) is 5.69 Å². The standard InChI is InChI=1S/C12H18N4/c1-3-12-11(9-16(2)15-12)8-14-7-10-4-5-13-6-10/h4-6,9,13-14H,3,7-8H2,1-2H3. The van der Waals surface area contributed by atoms with Crippen LogP contribution in [0.25, 0.3) is 0 Å². The van der Waals surface area contributed by atoms with E-state index in [-0.39, 0.29) is 0 Å². The molecule has 0 fully saturated rings. The maximum absolute atomic E-state index is 4.42. The van der Waals surface area contributed by atoms with Crippen molar-refractivity contribution in [1.82, 2.24) is 20.1 Å². The molecular weight excluding hydrogens is 200 g/mol. The van der Waals surface area contributed by atoms with Crippen molar-refractivity contribution < 1.29 is 0 Å². The molecule has 0 aliphatic carbocycles. The van der Waals surface area contributed by atoms with Gasteiger partial charge < -0.3 is 10.3 Å². The molecule has 0 saturated carbocycles. The average Bonchev–Trinajstić information content (AvgIpc) is 2.88. The van der Waals surface area contributed by atoms with Gasteiger partial charge in [0.25, 0.3) is 0 Å². The van der Waals surface area contributed by atoms with E-state index >= 15 is 0 Å². The predicted molar refractivity (Wildman–Crippen MR) is 63.9 cm³/mol. The van der Waals surface area contributed by atoms with Crippen LogP contribution in [-0.4, -0.2) is 14.8 Å². The van der Waals surface area contributed by atoms with Crippen LogP contribution in [0, 0.1) is 0 Å². The summed E-state index contributed by atoms with van der Waals surface area (Å²) in [7, 11) is 1.97. The molecule has 0 unspecified atom stereocenters. The third-order valence-electron chi connectivity index (χ3n) is 2.63. The van der Waals surface area contributed by atoms with Crippen LogP contribution in [-0.2, 0) is 26.6 Å². The molecule has 0 saturated heterocycles. The number of aromatic amines is 1. The zero-order valence-electron chi connectivity index (χ0n) is 9.83. The smallest absolute Gasteiger partial charge is 0.0666 e. The number of aromatic nitrogens is 3. The third-order valence-corrected chi connectivity index (χ3v) is 2.63. The van der Waals surface area contributed by atoms with E-state index in [2.05, 4.69) is 34.6 Å². The van der Waals surface area contributed by atoms with E-state index in [0.29, 0.717) is 0 Å². The summed E-state index contributed by atoms with van der Waals surface area (Å²) in [5.41, 5.74) is 3.76. The van der Waals surface area contributed by atoms with Crippen LogP contribution in [0.2, 0.25) is 0 Å². The van der Waals surface area contributed by atoms with Gasteiger partial charge in [-0.1, -0.05) is 6.92 Å². The molecule has 2 rings (SSSR count). The molecule has 0 bridgehead atoms. The highest BCUT2D eigenvalue weighted by molar-refractivity contribution is 5.17. The fourth-order valence-corrected chi connectivity index (χ4v) is 1.84. The molecule has 0 radical (unpaired) electrons. The Bertz CT molecular complexity index is 428. The fraction of sp³-hybridized carbons (Fsp3) is 0.417. The molecule has 16 heavy (non-hydrogen) atoms. The van der Waals surface area contributed by atoms with Crippen molar-refractivity contribution in [1.29, 1.82) is 0 Å². The third kappa shape index (κ3) is 2.52. The lowest BCUT2D eigenvalue weighted by molar-refractivity contribution is 0.688. The molecule has 4 nitrogen and oxygen atoms in total. The monoisotopic (exact) mass is 218 g/mol.